The van der Waals surface area contributed by atoms with Crippen LogP contribution in [0.5, 0.6) is 0 Å². The number of carboxylic acids is 1. The van der Waals surface area contributed by atoms with Crippen LogP contribution in [0, 0.1) is 5.92 Å². The Hall–Kier alpha value is -4.72. The third kappa shape index (κ3) is 6.72. The maximum absolute atomic E-state index is 13.8. The first kappa shape index (κ1) is 27.8. The Bertz CT molecular complexity index is 1470. The lowest BCUT2D eigenvalue weighted by atomic mass is 9.83. The van der Waals surface area contributed by atoms with E-state index < -0.39 is 5.97 Å². The summed E-state index contributed by atoms with van der Waals surface area (Å²) in [6.07, 6.45) is 5.68. The largest absolute Gasteiger partial charge is 0.478 e. The Labute approximate surface area is 239 Å². The van der Waals surface area contributed by atoms with Gasteiger partial charge in [0.05, 0.1) is 12.5 Å². The zero-order valence-corrected chi connectivity index (χ0v) is 23.0. The van der Waals surface area contributed by atoms with Crippen LogP contribution >= 0.6 is 0 Å². The summed E-state index contributed by atoms with van der Waals surface area (Å²) in [6.45, 7) is 1.75. The number of carbonyl (C=O) groups is 3. The van der Waals surface area contributed by atoms with E-state index in [1.54, 1.807) is 18.2 Å². The second-order valence-corrected chi connectivity index (χ2v) is 10.5. The topological polar surface area (TPSA) is 108 Å². The van der Waals surface area contributed by atoms with Crippen molar-refractivity contribution in [2.75, 3.05) is 11.9 Å². The molecule has 1 aliphatic heterocycles. The lowest BCUT2D eigenvalue weighted by Gasteiger charge is -2.25. The third-order valence-corrected chi connectivity index (χ3v) is 7.61. The highest BCUT2D eigenvalue weighted by Gasteiger charge is 2.32. The van der Waals surface area contributed by atoms with E-state index in [1.165, 1.54) is 11.9 Å². The molecule has 8 heteroatoms. The first-order chi connectivity index (χ1) is 19.9. The van der Waals surface area contributed by atoms with E-state index in [0.717, 1.165) is 42.4 Å². The summed E-state index contributed by atoms with van der Waals surface area (Å²) in [5.74, 6) is -1.06. The van der Waals surface area contributed by atoms with Gasteiger partial charge in [-0.1, -0.05) is 73.5 Å². The summed E-state index contributed by atoms with van der Waals surface area (Å²) in [5.41, 5.74) is 4.03. The average Bonchev–Trinajstić information content (AvgIpc) is 3.51. The van der Waals surface area contributed by atoms with Gasteiger partial charge in [0.25, 0.3) is 5.91 Å². The van der Waals surface area contributed by atoms with Crippen molar-refractivity contribution >= 4 is 35.4 Å². The highest BCUT2D eigenvalue weighted by Crippen LogP contribution is 2.38. The Kier molecular flexibility index (Phi) is 8.58. The number of benzene rings is 3. The van der Waals surface area contributed by atoms with E-state index in [-0.39, 0.29) is 35.8 Å². The lowest BCUT2D eigenvalue weighted by molar-refractivity contribution is -0.136. The number of carboxylic acid groups (broad SMARTS) is 1. The molecule has 1 aliphatic carbocycles. The van der Waals surface area contributed by atoms with E-state index in [4.69, 9.17) is 4.74 Å². The minimum atomic E-state index is -1.00. The molecule has 1 atom stereocenters. The van der Waals surface area contributed by atoms with Gasteiger partial charge in [-0.05, 0) is 66.6 Å². The van der Waals surface area contributed by atoms with Gasteiger partial charge in [-0.25, -0.2) is 9.80 Å². The van der Waals surface area contributed by atoms with Crippen LogP contribution in [0.1, 0.15) is 60.8 Å². The van der Waals surface area contributed by atoms with Gasteiger partial charge in [-0.15, -0.1) is 5.10 Å². The number of nitrogens with one attached hydrogen (secondary N) is 1. The minimum absolute atomic E-state index is 0.0710. The number of hydrazone groups is 1. The molecule has 0 bridgehead atoms. The smallest absolute Gasteiger partial charge is 0.331 e. The first-order valence-electron chi connectivity index (χ1n) is 13.9. The van der Waals surface area contributed by atoms with Gasteiger partial charge in [-0.3, -0.25) is 9.59 Å². The van der Waals surface area contributed by atoms with Gasteiger partial charge >= 0.3 is 5.97 Å². The van der Waals surface area contributed by atoms with Crippen LogP contribution in [0.25, 0.3) is 6.08 Å². The SMILES string of the molecule is CC(=Cc1ccccc1NC(=O)C(c1ccc(CN2N=C(c3ccccc3)OCC2=O)cc1)C1CCCC1)C(=O)O. The molecule has 2 aliphatic rings. The monoisotopic (exact) mass is 551 g/mol. The van der Waals surface area contributed by atoms with E-state index in [0.29, 0.717) is 23.7 Å². The molecule has 1 unspecified atom stereocenters. The van der Waals surface area contributed by atoms with Crippen LogP contribution in [0.3, 0.4) is 0 Å². The van der Waals surface area contributed by atoms with Gasteiger partial charge in [0.1, 0.15) is 0 Å². The molecule has 0 saturated heterocycles. The molecule has 0 radical (unpaired) electrons. The zero-order chi connectivity index (χ0) is 28.8. The number of para-hydroxylation sites is 1. The van der Waals surface area contributed by atoms with E-state index in [9.17, 15) is 19.5 Å². The predicted molar refractivity (Wildman–Crippen MR) is 157 cm³/mol. The number of ether oxygens (including phenoxy) is 1. The normalized spacial score (nSPS) is 16.6. The molecule has 1 fully saturated rings. The van der Waals surface area contributed by atoms with Crippen LogP contribution < -0.4 is 5.32 Å². The maximum atomic E-state index is 13.8. The average molecular weight is 552 g/mol. The molecule has 1 saturated carbocycles. The predicted octanol–water partition coefficient (Wildman–Crippen LogP) is 5.81. The van der Waals surface area contributed by atoms with Crippen molar-refractivity contribution in [2.45, 2.75) is 45.1 Å². The Morgan fingerprint density at radius 3 is 2.41 bits per heavy atom. The molecule has 5 rings (SSSR count). The third-order valence-electron chi connectivity index (χ3n) is 7.61. The summed E-state index contributed by atoms with van der Waals surface area (Å²) < 4.78 is 5.55. The fourth-order valence-corrected chi connectivity index (χ4v) is 5.42. The highest BCUT2D eigenvalue weighted by molar-refractivity contribution is 5.99. The van der Waals surface area contributed by atoms with Gasteiger partial charge in [-0.2, -0.15) is 0 Å². The van der Waals surface area contributed by atoms with E-state index in [2.05, 4.69) is 10.4 Å². The van der Waals surface area contributed by atoms with Gasteiger partial charge < -0.3 is 15.2 Å². The van der Waals surface area contributed by atoms with Crippen molar-refractivity contribution in [1.82, 2.24) is 5.01 Å². The summed E-state index contributed by atoms with van der Waals surface area (Å²) >= 11 is 0. The van der Waals surface area contributed by atoms with Crippen LogP contribution in [0.2, 0.25) is 0 Å². The van der Waals surface area contributed by atoms with Gasteiger partial charge in [0.2, 0.25) is 11.8 Å². The molecule has 2 amide bonds. The molecular weight excluding hydrogens is 518 g/mol. The first-order valence-corrected chi connectivity index (χ1v) is 13.9. The van der Waals surface area contributed by atoms with E-state index in [1.807, 2.05) is 66.7 Å². The summed E-state index contributed by atoms with van der Waals surface area (Å²) in [7, 11) is 0. The highest BCUT2D eigenvalue weighted by atomic mass is 16.5. The molecule has 2 N–H and O–H groups in total. The van der Waals surface area contributed by atoms with Crippen LogP contribution in [0.4, 0.5) is 5.69 Å². The number of hydrogen-bond acceptors (Lipinski definition) is 5. The summed E-state index contributed by atoms with van der Waals surface area (Å²) in [5, 5.41) is 18.2. The van der Waals surface area contributed by atoms with Crippen molar-refractivity contribution in [1.29, 1.82) is 0 Å². The Morgan fingerprint density at radius 2 is 1.71 bits per heavy atom. The molecule has 210 valence electrons. The fourth-order valence-electron chi connectivity index (χ4n) is 5.42. The molecule has 1 heterocycles. The van der Waals surface area contributed by atoms with Crippen LogP contribution in [-0.4, -0.2) is 40.4 Å². The number of aliphatic carboxylic acids is 1. The molecule has 0 aromatic heterocycles. The van der Waals surface area contributed by atoms with Crippen LogP contribution in [0.15, 0.2) is 89.5 Å². The number of nitrogens with zero attached hydrogens (tertiary/aromatic N) is 2. The molecule has 3 aromatic carbocycles. The quantitative estimate of drug-likeness (QED) is 0.327. The number of carbonyl (C=O) groups excluding carboxylic acids is 2. The molecular formula is C33H33N3O5. The summed E-state index contributed by atoms with van der Waals surface area (Å²) in [4.78, 5) is 37.6. The lowest BCUT2D eigenvalue weighted by Crippen LogP contribution is -2.36. The van der Waals surface area contributed by atoms with Crippen molar-refractivity contribution in [3.63, 3.8) is 0 Å². The number of amides is 2. The standard InChI is InChI=1S/C33H33N3O5/c1-22(33(39)40)19-27-13-7-8-14-28(27)34-31(38)30(24-9-5-6-10-24)25-17-15-23(16-18-25)20-36-29(37)21-41-32(35-36)26-11-3-2-4-12-26/h2-4,7-8,11-19,24,30H,5-6,9-10,20-21H2,1H3,(H,34,38)(H,39,40). The minimum Gasteiger partial charge on any atom is -0.478 e. The van der Waals surface area contributed by atoms with Crippen molar-refractivity contribution < 1.29 is 24.2 Å². The second-order valence-electron chi connectivity index (χ2n) is 10.5. The number of rotatable bonds is 9. The van der Waals surface area contributed by atoms with Crippen molar-refractivity contribution in [3.05, 3.63) is 107 Å². The number of anilines is 1. The maximum Gasteiger partial charge on any atom is 0.331 e. The van der Waals surface area contributed by atoms with Crippen LogP contribution in [-0.2, 0) is 25.7 Å². The van der Waals surface area contributed by atoms with E-state index >= 15 is 0 Å². The molecule has 8 nitrogen and oxygen atoms in total. The Morgan fingerprint density at radius 1 is 1.02 bits per heavy atom. The summed E-state index contributed by atoms with van der Waals surface area (Å²) in [6, 6.07) is 24.5. The zero-order valence-electron chi connectivity index (χ0n) is 23.0. The molecule has 0 spiro atoms. The molecule has 41 heavy (non-hydrogen) atoms. The van der Waals surface area contributed by atoms with Gasteiger partial charge in [0, 0.05) is 16.8 Å². The Balaban J connectivity index is 1.35. The van der Waals surface area contributed by atoms with Crippen molar-refractivity contribution in [3.8, 4) is 0 Å². The second kappa shape index (κ2) is 12.6. The van der Waals surface area contributed by atoms with Gasteiger partial charge in [0.15, 0.2) is 6.61 Å². The number of hydrogen-bond donors (Lipinski definition) is 2. The molecule has 3 aromatic rings. The fraction of sp³-hybridized carbons (Fsp3) is 0.273. The van der Waals surface area contributed by atoms with Crippen molar-refractivity contribution in [2.24, 2.45) is 11.0 Å².